The van der Waals surface area contributed by atoms with Crippen LogP contribution in [0, 0.1) is 5.92 Å². The maximum Gasteiger partial charge on any atom is 0.309 e. The first-order valence-electron chi connectivity index (χ1n) is 6.34. The average molecular weight is 302 g/mol. The first-order valence-corrected chi connectivity index (χ1v) is 7.10. The first-order chi connectivity index (χ1) is 9.10. The number of ether oxygens (including phenoxy) is 1. The molecule has 1 unspecified atom stereocenters. The van der Waals surface area contributed by atoms with Crippen molar-refractivity contribution < 1.29 is 9.53 Å². The van der Waals surface area contributed by atoms with Crippen LogP contribution in [-0.4, -0.2) is 31.1 Å². The number of methoxy groups -OCH3 is 1. The second-order valence-corrected chi connectivity index (χ2v) is 5.68. The summed E-state index contributed by atoms with van der Waals surface area (Å²) in [6, 6.07) is 5.47. The fourth-order valence-electron chi connectivity index (χ4n) is 2.46. The minimum Gasteiger partial charge on any atom is -0.469 e. The Morgan fingerprint density at radius 3 is 3.00 bits per heavy atom. The zero-order chi connectivity index (χ0) is 13.8. The molecule has 5 heteroatoms. The van der Waals surface area contributed by atoms with Gasteiger partial charge in [-0.3, -0.25) is 9.69 Å². The van der Waals surface area contributed by atoms with Gasteiger partial charge in [0.25, 0.3) is 0 Å². The summed E-state index contributed by atoms with van der Waals surface area (Å²) in [6.07, 6.45) is 1.89. The van der Waals surface area contributed by atoms with Crippen molar-refractivity contribution in [3.05, 3.63) is 33.8 Å². The SMILES string of the molecule is COC(=O)C1CCCN(Cc2cc(Cl)ccc2Cl)C1. The molecule has 1 heterocycles. The van der Waals surface area contributed by atoms with Gasteiger partial charge in [-0.15, -0.1) is 0 Å². The number of carbonyl (C=O) groups excluding carboxylic acids is 1. The molecule has 1 atom stereocenters. The van der Waals surface area contributed by atoms with Crippen molar-refractivity contribution >= 4 is 29.2 Å². The van der Waals surface area contributed by atoms with Crippen molar-refractivity contribution in [3.63, 3.8) is 0 Å². The van der Waals surface area contributed by atoms with Gasteiger partial charge in [-0.1, -0.05) is 23.2 Å². The van der Waals surface area contributed by atoms with Gasteiger partial charge in [0.05, 0.1) is 13.0 Å². The van der Waals surface area contributed by atoms with Crippen molar-refractivity contribution in [1.82, 2.24) is 4.90 Å². The summed E-state index contributed by atoms with van der Waals surface area (Å²) < 4.78 is 4.82. The van der Waals surface area contributed by atoms with Crippen molar-refractivity contribution in [2.24, 2.45) is 5.92 Å². The molecule has 104 valence electrons. The van der Waals surface area contributed by atoms with E-state index in [2.05, 4.69) is 4.90 Å². The Hall–Kier alpha value is -0.770. The van der Waals surface area contributed by atoms with Crippen LogP contribution in [0.25, 0.3) is 0 Å². The lowest BCUT2D eigenvalue weighted by atomic mass is 9.98. The van der Waals surface area contributed by atoms with E-state index in [1.54, 1.807) is 12.1 Å². The molecule has 0 radical (unpaired) electrons. The molecule has 0 amide bonds. The molecule has 0 spiro atoms. The number of piperidine rings is 1. The summed E-state index contributed by atoms with van der Waals surface area (Å²) in [5.74, 6) is -0.154. The predicted molar refractivity (Wildman–Crippen MR) is 76.5 cm³/mol. The van der Waals surface area contributed by atoms with Gasteiger partial charge in [-0.25, -0.2) is 0 Å². The second kappa shape index (κ2) is 6.60. The highest BCUT2D eigenvalue weighted by molar-refractivity contribution is 6.33. The second-order valence-electron chi connectivity index (χ2n) is 4.83. The molecule has 1 fully saturated rings. The van der Waals surface area contributed by atoms with Crippen molar-refractivity contribution in [2.75, 3.05) is 20.2 Å². The van der Waals surface area contributed by atoms with Crippen molar-refractivity contribution in [3.8, 4) is 0 Å². The summed E-state index contributed by atoms with van der Waals surface area (Å²) >= 11 is 12.1. The topological polar surface area (TPSA) is 29.5 Å². The number of likely N-dealkylation sites (tertiary alicyclic amines) is 1. The van der Waals surface area contributed by atoms with E-state index in [9.17, 15) is 4.79 Å². The van der Waals surface area contributed by atoms with E-state index in [1.807, 2.05) is 6.07 Å². The standard InChI is InChI=1S/C14H17Cl2NO2/c1-19-14(18)10-3-2-6-17(8-10)9-11-7-12(15)4-5-13(11)16/h4-5,7,10H,2-3,6,8-9H2,1H3. The molecule has 0 aromatic heterocycles. The fourth-order valence-corrected chi connectivity index (χ4v) is 2.84. The molecule has 0 N–H and O–H groups in total. The number of esters is 1. The van der Waals surface area contributed by atoms with Crippen LogP contribution in [0.4, 0.5) is 0 Å². The van der Waals surface area contributed by atoms with Crippen LogP contribution in [0.15, 0.2) is 18.2 Å². The van der Waals surface area contributed by atoms with E-state index in [-0.39, 0.29) is 11.9 Å². The highest BCUT2D eigenvalue weighted by Gasteiger charge is 2.26. The monoisotopic (exact) mass is 301 g/mol. The zero-order valence-electron chi connectivity index (χ0n) is 10.9. The molecular weight excluding hydrogens is 285 g/mol. The van der Waals surface area contributed by atoms with E-state index in [4.69, 9.17) is 27.9 Å². The number of halogens is 2. The lowest BCUT2D eigenvalue weighted by Crippen LogP contribution is -2.38. The normalized spacial score (nSPS) is 20.3. The molecular formula is C14H17Cl2NO2. The van der Waals surface area contributed by atoms with E-state index in [0.717, 1.165) is 31.5 Å². The van der Waals surface area contributed by atoms with Gasteiger partial charge in [-0.2, -0.15) is 0 Å². The van der Waals surface area contributed by atoms with Gasteiger partial charge >= 0.3 is 5.97 Å². The minimum atomic E-state index is -0.123. The molecule has 2 rings (SSSR count). The number of hydrogen-bond donors (Lipinski definition) is 0. The summed E-state index contributed by atoms with van der Waals surface area (Å²) in [5.41, 5.74) is 1.000. The van der Waals surface area contributed by atoms with E-state index < -0.39 is 0 Å². The van der Waals surface area contributed by atoms with E-state index in [1.165, 1.54) is 7.11 Å². The molecule has 1 saturated heterocycles. The smallest absolute Gasteiger partial charge is 0.309 e. The Morgan fingerprint density at radius 1 is 1.47 bits per heavy atom. The number of nitrogens with zero attached hydrogens (tertiary/aromatic N) is 1. The maximum absolute atomic E-state index is 11.6. The molecule has 19 heavy (non-hydrogen) atoms. The Morgan fingerprint density at radius 2 is 2.26 bits per heavy atom. The van der Waals surface area contributed by atoms with Crippen LogP contribution in [0.1, 0.15) is 18.4 Å². The fraction of sp³-hybridized carbons (Fsp3) is 0.500. The largest absolute Gasteiger partial charge is 0.469 e. The lowest BCUT2D eigenvalue weighted by molar-refractivity contribution is -0.147. The molecule has 0 bridgehead atoms. The quantitative estimate of drug-likeness (QED) is 0.802. The van der Waals surface area contributed by atoms with Gasteiger partial charge in [0.2, 0.25) is 0 Å². The molecule has 1 aliphatic rings. The average Bonchev–Trinajstić information content (AvgIpc) is 2.42. The molecule has 1 aromatic rings. The Balaban J connectivity index is 2.02. The Bertz CT molecular complexity index is 465. The van der Waals surface area contributed by atoms with Crippen LogP contribution >= 0.6 is 23.2 Å². The summed E-state index contributed by atoms with van der Waals surface area (Å²) in [5, 5.41) is 1.39. The summed E-state index contributed by atoms with van der Waals surface area (Å²) in [7, 11) is 1.44. The Labute approximate surface area is 123 Å². The predicted octanol–water partition coefficient (Wildman–Crippen LogP) is 3.38. The minimum absolute atomic E-state index is 0.0308. The van der Waals surface area contributed by atoms with Gasteiger partial charge in [0.15, 0.2) is 0 Å². The van der Waals surface area contributed by atoms with Gasteiger partial charge in [0.1, 0.15) is 0 Å². The molecule has 1 aromatic carbocycles. The maximum atomic E-state index is 11.6. The molecule has 0 saturated carbocycles. The van der Waals surface area contributed by atoms with Crippen molar-refractivity contribution in [1.29, 1.82) is 0 Å². The van der Waals surface area contributed by atoms with Crippen LogP contribution in [0.5, 0.6) is 0 Å². The molecule has 1 aliphatic heterocycles. The third kappa shape index (κ3) is 3.85. The van der Waals surface area contributed by atoms with Crippen LogP contribution < -0.4 is 0 Å². The number of rotatable bonds is 3. The highest BCUT2D eigenvalue weighted by Crippen LogP contribution is 2.25. The van der Waals surface area contributed by atoms with Gasteiger partial charge in [-0.05, 0) is 43.1 Å². The summed E-state index contributed by atoms with van der Waals surface area (Å²) in [6.45, 7) is 2.40. The lowest BCUT2D eigenvalue weighted by Gasteiger charge is -2.31. The highest BCUT2D eigenvalue weighted by atomic mass is 35.5. The number of hydrogen-bond acceptors (Lipinski definition) is 3. The third-order valence-corrected chi connectivity index (χ3v) is 4.05. The van der Waals surface area contributed by atoms with Crippen molar-refractivity contribution in [2.45, 2.75) is 19.4 Å². The van der Waals surface area contributed by atoms with Crippen LogP contribution in [0.3, 0.4) is 0 Å². The molecule has 0 aliphatic carbocycles. The van der Waals surface area contributed by atoms with Gasteiger partial charge in [0, 0.05) is 23.1 Å². The van der Waals surface area contributed by atoms with E-state index in [0.29, 0.717) is 16.6 Å². The molecule has 3 nitrogen and oxygen atoms in total. The third-order valence-electron chi connectivity index (χ3n) is 3.44. The van der Waals surface area contributed by atoms with Crippen LogP contribution in [-0.2, 0) is 16.1 Å². The van der Waals surface area contributed by atoms with Crippen LogP contribution in [0.2, 0.25) is 10.0 Å². The zero-order valence-corrected chi connectivity index (χ0v) is 12.4. The first kappa shape index (κ1) is 14.6. The van der Waals surface area contributed by atoms with Gasteiger partial charge < -0.3 is 4.74 Å². The Kier molecular flexibility index (Phi) is 5.08. The van der Waals surface area contributed by atoms with E-state index >= 15 is 0 Å². The number of carbonyl (C=O) groups is 1. The number of benzene rings is 1. The summed E-state index contributed by atoms with van der Waals surface area (Å²) in [4.78, 5) is 13.8.